The van der Waals surface area contributed by atoms with Gasteiger partial charge in [0, 0.05) is 19.1 Å². The van der Waals surface area contributed by atoms with Gasteiger partial charge in [-0.3, -0.25) is 4.79 Å². The highest BCUT2D eigenvalue weighted by atomic mass is 16.2. The molecule has 1 aliphatic carbocycles. The normalized spacial score (nSPS) is 17.7. The van der Waals surface area contributed by atoms with Crippen molar-refractivity contribution >= 4 is 5.91 Å². The van der Waals surface area contributed by atoms with Crippen LogP contribution in [0.1, 0.15) is 39.5 Å². The van der Waals surface area contributed by atoms with E-state index >= 15 is 0 Å². The molecule has 0 aliphatic heterocycles. The number of carbonyl (C=O) groups is 1. The maximum Gasteiger partial charge on any atom is 0.236 e. The number of rotatable bonds is 6. The number of amides is 1. The van der Waals surface area contributed by atoms with E-state index in [4.69, 9.17) is 5.26 Å². The number of nitriles is 1. The SMILES string of the molecule is CCN(CC(C)C#N)C(=O)CNC1CCCC1. The van der Waals surface area contributed by atoms with Crippen LogP contribution in [0.5, 0.6) is 0 Å². The smallest absolute Gasteiger partial charge is 0.236 e. The summed E-state index contributed by atoms with van der Waals surface area (Å²) in [5.41, 5.74) is 0. The minimum atomic E-state index is -0.0922. The van der Waals surface area contributed by atoms with E-state index in [1.165, 1.54) is 25.7 Å². The van der Waals surface area contributed by atoms with Gasteiger partial charge in [0.15, 0.2) is 0 Å². The summed E-state index contributed by atoms with van der Waals surface area (Å²) in [6.07, 6.45) is 4.92. The van der Waals surface area contributed by atoms with Gasteiger partial charge in [-0.2, -0.15) is 5.26 Å². The van der Waals surface area contributed by atoms with E-state index in [0.717, 1.165) is 0 Å². The lowest BCUT2D eigenvalue weighted by molar-refractivity contribution is -0.130. The van der Waals surface area contributed by atoms with Crippen LogP contribution in [0, 0.1) is 17.2 Å². The van der Waals surface area contributed by atoms with Crippen molar-refractivity contribution in [1.82, 2.24) is 10.2 Å². The van der Waals surface area contributed by atoms with Crippen LogP contribution < -0.4 is 5.32 Å². The molecule has 1 atom stereocenters. The van der Waals surface area contributed by atoms with Gasteiger partial charge in [0.1, 0.15) is 0 Å². The summed E-state index contributed by atoms with van der Waals surface area (Å²) < 4.78 is 0. The molecule has 1 unspecified atom stereocenters. The standard InChI is InChI=1S/C13H23N3O/c1-3-16(10-11(2)8-14)13(17)9-15-12-6-4-5-7-12/h11-12,15H,3-7,9-10H2,1-2H3. The molecular formula is C13H23N3O. The van der Waals surface area contributed by atoms with Crippen molar-refractivity contribution in [3.63, 3.8) is 0 Å². The number of nitrogens with one attached hydrogen (secondary N) is 1. The molecule has 1 fully saturated rings. The monoisotopic (exact) mass is 237 g/mol. The number of likely N-dealkylation sites (N-methyl/N-ethyl adjacent to an activating group) is 1. The van der Waals surface area contributed by atoms with Crippen molar-refractivity contribution in [1.29, 1.82) is 5.26 Å². The van der Waals surface area contributed by atoms with Crippen molar-refractivity contribution in [2.24, 2.45) is 5.92 Å². The van der Waals surface area contributed by atoms with Gasteiger partial charge in [0.2, 0.25) is 5.91 Å². The maximum absolute atomic E-state index is 11.9. The Labute approximate surface area is 104 Å². The topological polar surface area (TPSA) is 56.1 Å². The van der Waals surface area contributed by atoms with Gasteiger partial charge < -0.3 is 10.2 Å². The van der Waals surface area contributed by atoms with Gasteiger partial charge >= 0.3 is 0 Å². The predicted molar refractivity (Wildman–Crippen MR) is 67.3 cm³/mol. The molecule has 0 aromatic heterocycles. The molecule has 0 aromatic rings. The first kappa shape index (κ1) is 14.0. The second-order valence-corrected chi connectivity index (χ2v) is 4.82. The van der Waals surface area contributed by atoms with Crippen molar-refractivity contribution in [3.8, 4) is 6.07 Å². The van der Waals surface area contributed by atoms with Gasteiger partial charge in [-0.1, -0.05) is 12.8 Å². The molecule has 0 spiro atoms. The van der Waals surface area contributed by atoms with Crippen LogP contribution in [0.25, 0.3) is 0 Å². The van der Waals surface area contributed by atoms with Crippen LogP contribution in [0.4, 0.5) is 0 Å². The summed E-state index contributed by atoms with van der Waals surface area (Å²) in [4.78, 5) is 13.7. The molecular weight excluding hydrogens is 214 g/mol. The van der Waals surface area contributed by atoms with Crippen LogP contribution >= 0.6 is 0 Å². The van der Waals surface area contributed by atoms with E-state index in [1.54, 1.807) is 4.90 Å². The highest BCUT2D eigenvalue weighted by Gasteiger charge is 2.18. The van der Waals surface area contributed by atoms with Gasteiger partial charge in [0.25, 0.3) is 0 Å². The molecule has 1 N–H and O–H groups in total. The Morgan fingerprint density at radius 1 is 1.53 bits per heavy atom. The van der Waals surface area contributed by atoms with Crippen molar-refractivity contribution < 1.29 is 4.79 Å². The zero-order valence-corrected chi connectivity index (χ0v) is 10.9. The van der Waals surface area contributed by atoms with Crippen molar-refractivity contribution in [2.75, 3.05) is 19.6 Å². The summed E-state index contributed by atoms with van der Waals surface area (Å²) in [6, 6.07) is 2.69. The van der Waals surface area contributed by atoms with Crippen LogP contribution in [0.3, 0.4) is 0 Å². The molecule has 4 nitrogen and oxygen atoms in total. The van der Waals surface area contributed by atoms with Gasteiger partial charge in [-0.15, -0.1) is 0 Å². The average molecular weight is 237 g/mol. The Morgan fingerprint density at radius 2 is 2.18 bits per heavy atom. The second kappa shape index (κ2) is 7.29. The fourth-order valence-electron chi connectivity index (χ4n) is 2.25. The van der Waals surface area contributed by atoms with E-state index in [9.17, 15) is 4.79 Å². The minimum absolute atomic E-state index is 0.0922. The van der Waals surface area contributed by atoms with Gasteiger partial charge in [0.05, 0.1) is 18.5 Å². The maximum atomic E-state index is 11.9. The third kappa shape index (κ3) is 4.74. The zero-order chi connectivity index (χ0) is 12.7. The molecule has 17 heavy (non-hydrogen) atoms. The van der Waals surface area contributed by atoms with E-state index < -0.39 is 0 Å². The minimum Gasteiger partial charge on any atom is -0.341 e. The highest BCUT2D eigenvalue weighted by molar-refractivity contribution is 5.78. The number of carbonyl (C=O) groups excluding carboxylic acids is 1. The van der Waals surface area contributed by atoms with Crippen molar-refractivity contribution in [2.45, 2.75) is 45.6 Å². The highest BCUT2D eigenvalue weighted by Crippen LogP contribution is 2.17. The second-order valence-electron chi connectivity index (χ2n) is 4.82. The summed E-state index contributed by atoms with van der Waals surface area (Å²) in [5.74, 6) is 0.0203. The molecule has 96 valence electrons. The summed E-state index contributed by atoms with van der Waals surface area (Å²) >= 11 is 0. The first-order chi connectivity index (χ1) is 8.17. The summed E-state index contributed by atoms with van der Waals surface area (Å²) in [5, 5.41) is 12.1. The number of nitrogens with zero attached hydrogens (tertiary/aromatic N) is 2. The Kier molecular flexibility index (Phi) is 5.99. The fraction of sp³-hybridized carbons (Fsp3) is 0.846. The zero-order valence-electron chi connectivity index (χ0n) is 10.9. The Balaban J connectivity index is 2.30. The van der Waals surface area contributed by atoms with E-state index in [2.05, 4.69) is 11.4 Å². The third-order valence-corrected chi connectivity index (χ3v) is 3.35. The van der Waals surface area contributed by atoms with Gasteiger partial charge in [-0.25, -0.2) is 0 Å². The quantitative estimate of drug-likeness (QED) is 0.762. The Bertz CT molecular complexity index is 279. The molecule has 4 heteroatoms. The van der Waals surface area contributed by atoms with E-state index in [0.29, 0.717) is 25.7 Å². The molecule has 1 amide bonds. The van der Waals surface area contributed by atoms with E-state index in [1.807, 2.05) is 13.8 Å². The van der Waals surface area contributed by atoms with Crippen LogP contribution in [-0.2, 0) is 4.79 Å². The largest absolute Gasteiger partial charge is 0.341 e. The van der Waals surface area contributed by atoms with Crippen LogP contribution in [0.15, 0.2) is 0 Å². The molecule has 0 saturated heterocycles. The lowest BCUT2D eigenvalue weighted by Gasteiger charge is -2.23. The van der Waals surface area contributed by atoms with E-state index in [-0.39, 0.29) is 11.8 Å². The Morgan fingerprint density at radius 3 is 2.71 bits per heavy atom. The number of hydrogen-bond donors (Lipinski definition) is 1. The lowest BCUT2D eigenvalue weighted by Crippen LogP contribution is -2.42. The summed E-state index contributed by atoms with van der Waals surface area (Å²) in [7, 11) is 0. The van der Waals surface area contributed by atoms with Crippen molar-refractivity contribution in [3.05, 3.63) is 0 Å². The Hall–Kier alpha value is -1.08. The van der Waals surface area contributed by atoms with Crippen LogP contribution in [0.2, 0.25) is 0 Å². The molecule has 0 aromatic carbocycles. The third-order valence-electron chi connectivity index (χ3n) is 3.35. The predicted octanol–water partition coefficient (Wildman–Crippen LogP) is 1.53. The fourth-order valence-corrected chi connectivity index (χ4v) is 2.25. The first-order valence-electron chi connectivity index (χ1n) is 6.58. The molecule has 0 bridgehead atoms. The molecule has 1 rings (SSSR count). The lowest BCUT2D eigenvalue weighted by atomic mass is 10.2. The molecule has 1 aliphatic rings. The average Bonchev–Trinajstić information content (AvgIpc) is 2.85. The summed E-state index contributed by atoms with van der Waals surface area (Å²) in [6.45, 7) is 5.43. The first-order valence-corrected chi connectivity index (χ1v) is 6.58. The van der Waals surface area contributed by atoms with Gasteiger partial charge in [-0.05, 0) is 26.7 Å². The van der Waals surface area contributed by atoms with Crippen LogP contribution in [-0.4, -0.2) is 36.5 Å². The molecule has 1 saturated carbocycles. The molecule has 0 radical (unpaired) electrons. The number of hydrogen-bond acceptors (Lipinski definition) is 3. The molecule has 0 heterocycles.